The highest BCUT2D eigenvalue weighted by molar-refractivity contribution is 6.41. The van der Waals surface area contributed by atoms with Gasteiger partial charge in [-0.2, -0.15) is 10.2 Å². The van der Waals surface area contributed by atoms with E-state index in [0.29, 0.717) is 18.7 Å². The summed E-state index contributed by atoms with van der Waals surface area (Å²) in [4.78, 5) is 14.4. The lowest BCUT2D eigenvalue weighted by Crippen LogP contribution is -2.41. The zero-order valence-electron chi connectivity index (χ0n) is 13.8. The van der Waals surface area contributed by atoms with Crippen molar-refractivity contribution in [1.29, 1.82) is 0 Å². The Hall–Kier alpha value is -2.99. The molecule has 0 spiro atoms. The second-order valence-corrected chi connectivity index (χ2v) is 6.21. The number of piperidine rings is 1. The molecule has 0 unspecified atom stereocenters. The Morgan fingerprint density at radius 2 is 2.08 bits per heavy atom. The van der Waals surface area contributed by atoms with Crippen molar-refractivity contribution < 1.29 is 4.79 Å². The molecule has 0 atom stereocenters. The van der Waals surface area contributed by atoms with Crippen LogP contribution in [-0.2, 0) is 11.3 Å². The highest BCUT2D eigenvalue weighted by Crippen LogP contribution is 2.17. The first-order valence-electron chi connectivity index (χ1n) is 8.33. The Kier molecular flexibility index (Phi) is 4.26. The van der Waals surface area contributed by atoms with Gasteiger partial charge in [0.25, 0.3) is 0 Å². The number of nitrogens with one attached hydrogen (secondary N) is 2. The average molecular weight is 333 g/mol. The van der Waals surface area contributed by atoms with Gasteiger partial charge in [-0.1, -0.05) is 30.3 Å². The maximum atomic E-state index is 12.2. The molecular formula is C19H19N5O. The third-order valence-corrected chi connectivity index (χ3v) is 4.36. The van der Waals surface area contributed by atoms with Crippen LogP contribution in [0.4, 0.5) is 5.69 Å². The van der Waals surface area contributed by atoms with E-state index in [9.17, 15) is 4.79 Å². The number of fused-ring (bicyclic) bond motifs is 1. The molecule has 3 aromatic rings. The van der Waals surface area contributed by atoms with Crippen LogP contribution >= 0.6 is 0 Å². The summed E-state index contributed by atoms with van der Waals surface area (Å²) in [5.74, 6) is 0.111. The molecule has 1 aliphatic heterocycles. The molecule has 6 heteroatoms. The molecule has 0 saturated carbocycles. The van der Waals surface area contributed by atoms with E-state index in [0.717, 1.165) is 29.7 Å². The van der Waals surface area contributed by atoms with Crippen LogP contribution in [0.3, 0.4) is 0 Å². The molecule has 6 nitrogen and oxygen atoms in total. The minimum absolute atomic E-state index is 0.111. The summed E-state index contributed by atoms with van der Waals surface area (Å²) < 4.78 is 0. The van der Waals surface area contributed by atoms with Crippen LogP contribution in [0.1, 0.15) is 12.0 Å². The largest absolute Gasteiger partial charge is 0.293 e. The molecule has 1 fully saturated rings. The molecule has 1 aromatic heterocycles. The van der Waals surface area contributed by atoms with E-state index in [2.05, 4.69) is 37.8 Å². The summed E-state index contributed by atoms with van der Waals surface area (Å²) in [5.41, 5.74) is 6.59. The summed E-state index contributed by atoms with van der Waals surface area (Å²) in [6.07, 6.45) is 2.28. The molecule has 0 aliphatic carbocycles. The molecule has 0 radical (unpaired) electrons. The van der Waals surface area contributed by atoms with Gasteiger partial charge in [-0.3, -0.25) is 20.2 Å². The van der Waals surface area contributed by atoms with Crippen molar-refractivity contribution in [3.05, 3.63) is 60.3 Å². The van der Waals surface area contributed by atoms with Crippen molar-refractivity contribution in [2.45, 2.75) is 13.0 Å². The summed E-state index contributed by atoms with van der Waals surface area (Å²) in [6, 6.07) is 16.1. The molecule has 0 bridgehead atoms. The van der Waals surface area contributed by atoms with Crippen LogP contribution in [-0.4, -0.2) is 39.7 Å². The summed E-state index contributed by atoms with van der Waals surface area (Å²) >= 11 is 0. The van der Waals surface area contributed by atoms with E-state index in [4.69, 9.17) is 0 Å². The van der Waals surface area contributed by atoms with Crippen molar-refractivity contribution in [3.8, 4) is 0 Å². The molecule has 2 N–H and O–H groups in total. The molecular weight excluding hydrogens is 314 g/mol. The minimum atomic E-state index is 0.111. The molecule has 1 saturated heterocycles. The van der Waals surface area contributed by atoms with Gasteiger partial charge in [-0.05, 0) is 23.8 Å². The van der Waals surface area contributed by atoms with Crippen LogP contribution in [0.25, 0.3) is 10.9 Å². The number of hydrogen-bond acceptors (Lipinski definition) is 5. The Morgan fingerprint density at radius 3 is 2.96 bits per heavy atom. The van der Waals surface area contributed by atoms with Gasteiger partial charge >= 0.3 is 0 Å². The first-order valence-corrected chi connectivity index (χ1v) is 8.33. The standard InChI is InChI=1S/C19H19N5O/c25-19-8-9-24(12-14-4-2-1-3-5-14)13-18(19)23-21-16-7-6-15-11-20-22-17(15)10-16/h1-7,10-11,21H,8-9,12-13H2,(H,20,22)/b23-18+. The van der Waals surface area contributed by atoms with E-state index in [1.54, 1.807) is 6.20 Å². The molecule has 2 heterocycles. The van der Waals surface area contributed by atoms with Crippen LogP contribution < -0.4 is 5.43 Å². The third kappa shape index (κ3) is 3.59. The number of anilines is 1. The maximum Gasteiger partial charge on any atom is 0.181 e. The number of likely N-dealkylation sites (tertiary alicyclic amines) is 1. The van der Waals surface area contributed by atoms with Gasteiger partial charge in [0.15, 0.2) is 5.78 Å². The van der Waals surface area contributed by atoms with Crippen molar-refractivity contribution >= 4 is 28.1 Å². The van der Waals surface area contributed by atoms with Gasteiger partial charge in [0, 0.05) is 31.4 Å². The number of rotatable bonds is 4. The van der Waals surface area contributed by atoms with Crippen molar-refractivity contribution in [3.63, 3.8) is 0 Å². The molecule has 126 valence electrons. The van der Waals surface area contributed by atoms with Gasteiger partial charge in [0.1, 0.15) is 5.71 Å². The van der Waals surface area contributed by atoms with Crippen LogP contribution in [0.5, 0.6) is 0 Å². The molecule has 25 heavy (non-hydrogen) atoms. The molecule has 4 rings (SSSR count). The zero-order valence-corrected chi connectivity index (χ0v) is 13.8. The number of nitrogens with zero attached hydrogens (tertiary/aromatic N) is 3. The summed E-state index contributed by atoms with van der Waals surface area (Å²) in [7, 11) is 0. The predicted molar refractivity (Wildman–Crippen MR) is 98.5 cm³/mol. The Balaban J connectivity index is 1.45. The first-order chi connectivity index (χ1) is 12.3. The fraction of sp³-hybridized carbons (Fsp3) is 0.211. The predicted octanol–water partition coefficient (Wildman–Crippen LogP) is 2.81. The maximum absolute atomic E-state index is 12.2. The monoisotopic (exact) mass is 333 g/mol. The van der Waals surface area contributed by atoms with Crippen molar-refractivity contribution in [2.75, 3.05) is 18.5 Å². The number of carbonyl (C=O) groups excluding carboxylic acids is 1. The van der Waals surface area contributed by atoms with Crippen molar-refractivity contribution in [2.24, 2.45) is 5.10 Å². The van der Waals surface area contributed by atoms with Gasteiger partial charge in [-0.25, -0.2) is 0 Å². The topological polar surface area (TPSA) is 73.4 Å². The van der Waals surface area contributed by atoms with E-state index < -0.39 is 0 Å². The number of benzene rings is 2. The summed E-state index contributed by atoms with van der Waals surface area (Å²) in [6.45, 7) is 2.16. The Bertz CT molecular complexity index is 916. The number of carbonyl (C=O) groups is 1. The lowest BCUT2D eigenvalue weighted by atomic mass is 10.1. The van der Waals surface area contributed by atoms with Gasteiger partial charge in [-0.15, -0.1) is 0 Å². The van der Waals surface area contributed by atoms with Crippen molar-refractivity contribution in [1.82, 2.24) is 15.1 Å². The quantitative estimate of drug-likeness (QED) is 0.720. The fourth-order valence-corrected chi connectivity index (χ4v) is 3.00. The second kappa shape index (κ2) is 6.86. The molecule has 0 amide bonds. The summed E-state index contributed by atoms with van der Waals surface area (Å²) in [5, 5.41) is 12.3. The highest BCUT2D eigenvalue weighted by Gasteiger charge is 2.23. The minimum Gasteiger partial charge on any atom is -0.293 e. The number of aromatic amines is 1. The normalized spacial score (nSPS) is 17.3. The van der Waals surface area contributed by atoms with Gasteiger partial charge in [0.2, 0.25) is 0 Å². The smallest absolute Gasteiger partial charge is 0.181 e. The number of Topliss-reactive ketones (excluding diaryl/α,β-unsaturated/α-hetero) is 1. The number of hydrogen-bond donors (Lipinski definition) is 2. The lowest BCUT2D eigenvalue weighted by molar-refractivity contribution is -0.114. The average Bonchev–Trinajstić information content (AvgIpc) is 3.11. The van der Waals surface area contributed by atoms with E-state index >= 15 is 0 Å². The Morgan fingerprint density at radius 1 is 1.20 bits per heavy atom. The lowest BCUT2D eigenvalue weighted by Gasteiger charge is -2.26. The number of ketones is 1. The fourth-order valence-electron chi connectivity index (χ4n) is 3.00. The van der Waals surface area contributed by atoms with E-state index in [1.165, 1.54) is 5.56 Å². The van der Waals surface area contributed by atoms with E-state index in [-0.39, 0.29) is 5.78 Å². The zero-order chi connectivity index (χ0) is 17.1. The number of H-pyrrole nitrogens is 1. The van der Waals surface area contributed by atoms with Gasteiger partial charge < -0.3 is 0 Å². The number of hydrazone groups is 1. The van der Waals surface area contributed by atoms with Crippen LogP contribution in [0.15, 0.2) is 59.8 Å². The molecule has 2 aromatic carbocycles. The van der Waals surface area contributed by atoms with Crippen LogP contribution in [0.2, 0.25) is 0 Å². The van der Waals surface area contributed by atoms with Gasteiger partial charge in [0.05, 0.1) is 17.4 Å². The first kappa shape index (κ1) is 15.5. The van der Waals surface area contributed by atoms with E-state index in [1.807, 2.05) is 36.4 Å². The van der Waals surface area contributed by atoms with Crippen LogP contribution in [0, 0.1) is 0 Å². The highest BCUT2D eigenvalue weighted by atomic mass is 16.1. The second-order valence-electron chi connectivity index (χ2n) is 6.21. The number of aromatic nitrogens is 2. The Labute approximate surface area is 145 Å². The SMILES string of the molecule is O=C1CCN(Cc2ccccc2)C/C1=N\Nc1ccc2cn[nH]c2c1. The third-order valence-electron chi connectivity index (χ3n) is 4.36. The molecule has 1 aliphatic rings.